The number of nitrogens with zero attached hydrogens (tertiary/aromatic N) is 4. The van der Waals surface area contributed by atoms with Gasteiger partial charge in [0.2, 0.25) is 22.7 Å². The predicted molar refractivity (Wildman–Crippen MR) is 212 cm³/mol. The summed E-state index contributed by atoms with van der Waals surface area (Å²) in [7, 11) is -15.2. The number of phenolic OH excluding ortho intramolecular Hbond substituents is 2. The predicted octanol–water partition coefficient (Wildman–Crippen LogP) is -0.202. The van der Waals surface area contributed by atoms with E-state index in [0.29, 0.717) is 5.56 Å². The number of phosphoric ester groups is 3. The maximum Gasteiger partial charge on any atom is 0.481 e. The van der Waals surface area contributed by atoms with Gasteiger partial charge in [0.1, 0.15) is 36.3 Å². The van der Waals surface area contributed by atoms with E-state index in [1.54, 1.807) is 0 Å². The number of nitrogen functional groups attached to an aromatic ring is 1. The Morgan fingerprint density at radius 1 is 1.05 bits per heavy atom. The van der Waals surface area contributed by atoms with E-state index in [1.165, 1.54) is 45.2 Å². The molecule has 62 heavy (non-hydrogen) atoms. The normalized spacial score (nSPS) is 20.7. The molecular formula is C31H44N7O20P3S. The van der Waals surface area contributed by atoms with Crippen LogP contribution in [0.3, 0.4) is 0 Å². The standard InChI is InChI=1S/C31H44N7O20P3S/c1-31(2,26(44)29(45)34-7-6-20(40)33-8-9-62-21(41)5-4-16-10-17(39)23(42)18(11-16)53-3)13-55-61(51,52)58-60(49,50)54-12-19-25(57-59(46,47)48)24(43)30(56-19)38-15-37-22-27(32)35-14-36-28(22)38/h4-5,10-11,14-15,19,24-26,30,39,42-44H,6-9,12-13H2,1-3H3,(H,33,40)(H,34,45)(H,49,50)(H,51,52)(H2,32,35,36)(H2,46,47,48)/b5-4+. The second-order valence-corrected chi connectivity index (χ2v) is 19.0. The monoisotopic (exact) mass is 959 g/mol. The molecule has 1 aromatic carbocycles. The number of amides is 2. The van der Waals surface area contributed by atoms with Crippen LogP contribution in [-0.4, -0.2) is 140 Å². The van der Waals surface area contributed by atoms with Gasteiger partial charge < -0.3 is 65.8 Å². The van der Waals surface area contributed by atoms with Gasteiger partial charge in [-0.05, 0) is 23.8 Å². The van der Waals surface area contributed by atoms with Gasteiger partial charge in [-0.3, -0.25) is 32.5 Å². The van der Waals surface area contributed by atoms with Crippen LogP contribution >= 0.6 is 35.2 Å². The number of ether oxygens (including phenoxy) is 2. The molecule has 0 radical (unpaired) electrons. The highest BCUT2D eigenvalue weighted by Crippen LogP contribution is 2.61. The van der Waals surface area contributed by atoms with Crippen molar-refractivity contribution in [1.29, 1.82) is 0 Å². The summed E-state index contributed by atoms with van der Waals surface area (Å²) in [5.41, 5.74) is 4.58. The van der Waals surface area contributed by atoms with Crippen LogP contribution in [-0.2, 0) is 50.7 Å². The summed E-state index contributed by atoms with van der Waals surface area (Å²) in [5, 5.41) is 45.4. The van der Waals surface area contributed by atoms with Crippen molar-refractivity contribution in [2.45, 2.75) is 50.9 Å². The number of rotatable bonds is 22. The third-order valence-electron chi connectivity index (χ3n) is 8.46. The molecule has 3 heterocycles. The molecule has 1 aliphatic heterocycles. The van der Waals surface area contributed by atoms with Crippen molar-refractivity contribution in [2.24, 2.45) is 5.41 Å². The third-order valence-corrected chi connectivity index (χ3v) is 12.4. The number of benzene rings is 1. The lowest BCUT2D eigenvalue weighted by molar-refractivity contribution is -0.137. The molecule has 4 rings (SSSR count). The second kappa shape index (κ2) is 21.1. The molecule has 344 valence electrons. The minimum Gasteiger partial charge on any atom is -0.504 e. The minimum atomic E-state index is -5.60. The Kier molecular flexibility index (Phi) is 17.2. The Bertz CT molecular complexity index is 2280. The van der Waals surface area contributed by atoms with Crippen molar-refractivity contribution >= 4 is 75.2 Å². The zero-order valence-electron chi connectivity index (χ0n) is 32.7. The molecule has 12 N–H and O–H groups in total. The van der Waals surface area contributed by atoms with Crippen LogP contribution in [0.5, 0.6) is 17.2 Å². The van der Waals surface area contributed by atoms with Gasteiger partial charge in [-0.15, -0.1) is 0 Å². The molecule has 0 aliphatic carbocycles. The first-order valence-corrected chi connectivity index (χ1v) is 23.2. The fourth-order valence-corrected chi connectivity index (χ4v) is 8.76. The van der Waals surface area contributed by atoms with Crippen molar-refractivity contribution in [1.82, 2.24) is 30.2 Å². The molecule has 0 bridgehead atoms. The molecule has 0 saturated carbocycles. The highest BCUT2D eigenvalue weighted by atomic mass is 32.2. The summed E-state index contributed by atoms with van der Waals surface area (Å²) < 4.78 is 67.1. The summed E-state index contributed by atoms with van der Waals surface area (Å²) in [6.07, 6.45) is -4.51. The summed E-state index contributed by atoms with van der Waals surface area (Å²) in [6.45, 7) is 0.199. The van der Waals surface area contributed by atoms with E-state index in [2.05, 4.69) is 34.4 Å². The Morgan fingerprint density at radius 2 is 1.74 bits per heavy atom. The van der Waals surface area contributed by atoms with Crippen LogP contribution in [0, 0.1) is 5.41 Å². The molecule has 2 amide bonds. The lowest BCUT2D eigenvalue weighted by Gasteiger charge is -2.30. The number of aromatic hydroxyl groups is 2. The first-order valence-electron chi connectivity index (χ1n) is 17.7. The van der Waals surface area contributed by atoms with E-state index in [1.807, 2.05) is 0 Å². The molecule has 27 nitrogen and oxygen atoms in total. The number of aliphatic hydroxyl groups is 2. The van der Waals surface area contributed by atoms with Crippen molar-refractivity contribution in [2.75, 3.05) is 44.9 Å². The van der Waals surface area contributed by atoms with E-state index >= 15 is 0 Å². The summed E-state index contributed by atoms with van der Waals surface area (Å²) in [5.74, 6) is -2.28. The summed E-state index contributed by atoms with van der Waals surface area (Å²) in [4.78, 5) is 88.0. The van der Waals surface area contributed by atoms with Crippen LogP contribution in [0.1, 0.15) is 32.1 Å². The molecule has 2 aromatic heterocycles. The zero-order chi connectivity index (χ0) is 46.2. The number of anilines is 1. The van der Waals surface area contributed by atoms with Crippen molar-refractivity contribution in [3.8, 4) is 17.2 Å². The number of phenols is 2. The Morgan fingerprint density at radius 3 is 2.42 bits per heavy atom. The van der Waals surface area contributed by atoms with Gasteiger partial charge in [-0.1, -0.05) is 31.7 Å². The summed E-state index contributed by atoms with van der Waals surface area (Å²) >= 11 is 0.877. The zero-order valence-corrected chi connectivity index (χ0v) is 36.2. The van der Waals surface area contributed by atoms with E-state index in [4.69, 9.17) is 24.3 Å². The Balaban J connectivity index is 1.20. The number of aliphatic hydroxyl groups excluding tert-OH is 2. The van der Waals surface area contributed by atoms with Gasteiger partial charge in [0.05, 0.1) is 26.7 Å². The molecule has 1 saturated heterocycles. The number of hydrogen-bond acceptors (Lipinski definition) is 21. The van der Waals surface area contributed by atoms with Crippen molar-refractivity contribution in [3.63, 3.8) is 0 Å². The van der Waals surface area contributed by atoms with Crippen molar-refractivity contribution in [3.05, 3.63) is 36.4 Å². The molecule has 7 unspecified atom stereocenters. The van der Waals surface area contributed by atoms with Gasteiger partial charge in [0.25, 0.3) is 0 Å². The average molecular weight is 960 g/mol. The smallest absolute Gasteiger partial charge is 0.481 e. The molecule has 7 atom stereocenters. The molecule has 0 spiro atoms. The number of methoxy groups -OCH3 is 1. The highest BCUT2D eigenvalue weighted by Gasteiger charge is 2.50. The largest absolute Gasteiger partial charge is 0.504 e. The summed E-state index contributed by atoms with van der Waals surface area (Å²) in [6, 6.07) is 2.63. The van der Waals surface area contributed by atoms with Crippen molar-refractivity contribution < 1.29 is 95.4 Å². The number of nitrogens with one attached hydrogen (secondary N) is 2. The van der Waals surface area contributed by atoms with E-state index in [9.17, 15) is 68.1 Å². The highest BCUT2D eigenvalue weighted by molar-refractivity contribution is 8.14. The lowest BCUT2D eigenvalue weighted by atomic mass is 9.87. The quantitative estimate of drug-likeness (QED) is 0.0269. The number of aromatic nitrogens is 4. The topological polar surface area (TPSA) is 413 Å². The number of fused-ring (bicyclic) bond motifs is 1. The molecule has 1 fully saturated rings. The number of carbonyl (C=O) groups excluding carboxylic acids is 3. The number of carbonyl (C=O) groups is 3. The van der Waals surface area contributed by atoms with Crippen LogP contribution in [0.15, 0.2) is 30.9 Å². The van der Waals surface area contributed by atoms with E-state index in [-0.39, 0.29) is 53.1 Å². The SMILES string of the molecule is COc1cc(/C=C/C(=O)SCCNC(=O)CCNC(=O)C(O)C(C)(C)COP(=O)(O)OP(=O)(O)OCC2OC(n3cnc4c(N)ncnc43)C(O)C2OP(=O)(O)O)cc(O)c1O. The first-order chi connectivity index (χ1) is 28.8. The van der Waals surface area contributed by atoms with Gasteiger partial charge in [0.15, 0.2) is 29.2 Å². The molecule has 31 heteroatoms. The number of nitrogens with two attached hydrogens (primary N) is 1. The fraction of sp³-hybridized carbons (Fsp3) is 0.484. The maximum atomic E-state index is 12.7. The average Bonchev–Trinajstić information content (AvgIpc) is 3.74. The third kappa shape index (κ3) is 14.2. The van der Waals surface area contributed by atoms with Crippen LogP contribution < -0.4 is 21.1 Å². The lowest BCUT2D eigenvalue weighted by Crippen LogP contribution is -2.46. The van der Waals surface area contributed by atoms with Gasteiger partial charge in [-0.2, -0.15) is 4.31 Å². The number of thioether (sulfide) groups is 1. The number of phosphoric acid groups is 3. The number of hydrogen-bond donors (Lipinski definition) is 11. The first kappa shape index (κ1) is 50.6. The molecular weight excluding hydrogens is 915 g/mol. The van der Waals surface area contributed by atoms with Crippen LogP contribution in [0.4, 0.5) is 5.82 Å². The van der Waals surface area contributed by atoms with Crippen LogP contribution in [0.2, 0.25) is 0 Å². The van der Waals surface area contributed by atoms with Gasteiger partial charge in [0, 0.05) is 30.7 Å². The number of imidazole rings is 1. The van der Waals surface area contributed by atoms with E-state index < -0.39 is 96.1 Å². The van der Waals surface area contributed by atoms with Gasteiger partial charge in [-0.25, -0.2) is 28.6 Å². The van der Waals surface area contributed by atoms with E-state index in [0.717, 1.165) is 29.0 Å². The molecule has 1 aliphatic rings. The maximum absolute atomic E-state index is 12.7. The van der Waals surface area contributed by atoms with Crippen LogP contribution in [0.25, 0.3) is 17.2 Å². The minimum absolute atomic E-state index is 0.0102. The fourth-order valence-electron chi connectivity index (χ4n) is 5.36. The Labute approximate surface area is 355 Å². The Hall–Kier alpha value is -4.08. The molecule has 3 aromatic rings. The second-order valence-electron chi connectivity index (χ2n) is 13.7. The van der Waals surface area contributed by atoms with Gasteiger partial charge >= 0.3 is 23.5 Å².